The second-order valence-corrected chi connectivity index (χ2v) is 9.50. The Hall–Kier alpha value is -4.54. The molecule has 0 unspecified atom stereocenters. The largest absolute Gasteiger partial charge is 0.496 e. The smallest absolute Gasteiger partial charge is 0.273 e. The number of nitrogens with zero attached hydrogens (tertiary/aromatic N) is 8. The molecule has 0 saturated heterocycles. The topological polar surface area (TPSA) is 117 Å². The third kappa shape index (κ3) is 4.42. The van der Waals surface area contributed by atoms with Crippen molar-refractivity contribution in [3.63, 3.8) is 0 Å². The number of carbonyl (C=O) groups excluding carboxylic acids is 1. The zero-order valence-corrected chi connectivity index (χ0v) is 20.8. The van der Waals surface area contributed by atoms with Gasteiger partial charge < -0.3 is 10.1 Å². The number of fused-ring (bicyclic) bond motifs is 1. The molecule has 36 heavy (non-hydrogen) atoms. The van der Waals surface area contributed by atoms with Crippen LogP contribution in [0.25, 0.3) is 27.9 Å². The fourth-order valence-corrected chi connectivity index (χ4v) is 3.88. The molecule has 5 rings (SSSR count). The number of nitrogens with one attached hydrogen (secondary N) is 1. The summed E-state index contributed by atoms with van der Waals surface area (Å²) in [5, 5.41) is 19.6. The van der Waals surface area contributed by atoms with Gasteiger partial charge in [0.25, 0.3) is 5.91 Å². The van der Waals surface area contributed by atoms with Crippen LogP contribution in [0.2, 0.25) is 0 Å². The fraction of sp³-hybridized carbons (Fsp3) is 0.280. The third-order valence-electron chi connectivity index (χ3n) is 5.86. The Balaban J connectivity index is 1.39. The monoisotopic (exact) mass is 485 g/mol. The van der Waals surface area contributed by atoms with E-state index in [1.165, 1.54) is 6.33 Å². The van der Waals surface area contributed by atoms with Crippen LogP contribution < -0.4 is 10.1 Å². The van der Waals surface area contributed by atoms with E-state index in [1.54, 1.807) is 27.2 Å². The molecule has 4 heterocycles. The van der Waals surface area contributed by atoms with Gasteiger partial charge in [-0.15, -0.1) is 5.10 Å². The lowest BCUT2D eigenvalue weighted by atomic mass is 10.1. The molecule has 1 aromatic carbocycles. The van der Waals surface area contributed by atoms with Gasteiger partial charge in [0.1, 0.15) is 12.1 Å². The Kier molecular flexibility index (Phi) is 5.75. The summed E-state index contributed by atoms with van der Waals surface area (Å²) in [6.07, 6.45) is 8.90. The number of methoxy groups -OCH3 is 1. The Morgan fingerprint density at radius 2 is 1.89 bits per heavy atom. The molecule has 0 aliphatic rings. The lowest BCUT2D eigenvalue weighted by Gasteiger charge is -2.17. The van der Waals surface area contributed by atoms with Crippen molar-refractivity contribution in [2.45, 2.75) is 32.9 Å². The minimum absolute atomic E-state index is 0.254. The van der Waals surface area contributed by atoms with Crippen molar-refractivity contribution >= 4 is 11.4 Å². The van der Waals surface area contributed by atoms with E-state index < -0.39 is 0 Å². The zero-order chi connectivity index (χ0) is 25.4. The van der Waals surface area contributed by atoms with Crippen molar-refractivity contribution < 1.29 is 9.53 Å². The van der Waals surface area contributed by atoms with E-state index in [2.05, 4.69) is 30.8 Å². The number of hydrogen-bond acceptors (Lipinski definition) is 7. The fourth-order valence-electron chi connectivity index (χ4n) is 3.88. The maximum atomic E-state index is 12.6. The molecule has 1 amide bonds. The predicted octanol–water partition coefficient (Wildman–Crippen LogP) is 3.08. The summed E-state index contributed by atoms with van der Waals surface area (Å²) in [5.41, 5.74) is 5.35. The summed E-state index contributed by atoms with van der Waals surface area (Å²) in [4.78, 5) is 17.2. The molecule has 4 aromatic heterocycles. The number of aryl methyl sites for hydroxylation is 1. The molecule has 0 saturated carbocycles. The van der Waals surface area contributed by atoms with Gasteiger partial charge >= 0.3 is 0 Å². The average Bonchev–Trinajstić information content (AvgIpc) is 3.60. The van der Waals surface area contributed by atoms with Crippen molar-refractivity contribution in [3.05, 3.63) is 66.6 Å². The lowest BCUT2D eigenvalue weighted by molar-refractivity contribution is 0.0945. The second-order valence-electron chi connectivity index (χ2n) is 9.50. The van der Waals surface area contributed by atoms with Gasteiger partial charge in [-0.1, -0.05) is 17.3 Å². The predicted molar refractivity (Wildman–Crippen MR) is 133 cm³/mol. The Morgan fingerprint density at radius 3 is 2.58 bits per heavy atom. The molecule has 0 aliphatic carbocycles. The molecule has 1 N–H and O–H groups in total. The lowest BCUT2D eigenvalue weighted by Crippen LogP contribution is -2.24. The third-order valence-corrected chi connectivity index (χ3v) is 5.86. The van der Waals surface area contributed by atoms with Crippen LogP contribution in [-0.4, -0.2) is 52.4 Å². The number of aromatic nitrogens is 8. The summed E-state index contributed by atoms with van der Waals surface area (Å²) >= 11 is 0. The number of ether oxygens (including phenoxy) is 1. The van der Waals surface area contributed by atoms with Crippen LogP contribution in [0.3, 0.4) is 0 Å². The molecule has 5 aromatic rings. The van der Waals surface area contributed by atoms with E-state index in [0.717, 1.165) is 33.5 Å². The molecule has 0 fully saturated rings. The van der Waals surface area contributed by atoms with Crippen molar-refractivity contribution in [2.24, 2.45) is 7.05 Å². The Morgan fingerprint density at radius 1 is 1.06 bits per heavy atom. The number of amides is 1. The normalized spacial score (nSPS) is 11.7. The van der Waals surface area contributed by atoms with Crippen molar-refractivity contribution in [1.29, 1.82) is 0 Å². The highest BCUT2D eigenvalue weighted by Crippen LogP contribution is 2.31. The van der Waals surface area contributed by atoms with E-state index in [4.69, 9.17) is 4.74 Å². The highest BCUT2D eigenvalue weighted by molar-refractivity contribution is 5.91. The minimum atomic E-state index is -0.301. The molecular formula is C25H27N9O2. The number of benzene rings is 1. The molecule has 11 nitrogen and oxygen atoms in total. The number of rotatable bonds is 6. The van der Waals surface area contributed by atoms with Gasteiger partial charge in [0.15, 0.2) is 5.69 Å². The SMILES string of the molecule is COc1cc(-c2ncnn3cc(-c4cnn(C)c4)cc23)ccc1CNC(=O)c1cn(C(C)(C)C)nn1. The van der Waals surface area contributed by atoms with Crippen LogP contribution in [0, 0.1) is 0 Å². The first-order valence-electron chi connectivity index (χ1n) is 11.4. The number of carbonyl (C=O) groups is 1. The highest BCUT2D eigenvalue weighted by Gasteiger charge is 2.19. The molecule has 0 spiro atoms. The van der Waals surface area contributed by atoms with Gasteiger partial charge in [-0.25, -0.2) is 14.2 Å². The molecular weight excluding hydrogens is 458 g/mol. The van der Waals surface area contributed by atoms with Crippen molar-refractivity contribution in [2.75, 3.05) is 7.11 Å². The van der Waals surface area contributed by atoms with Crippen LogP contribution in [0.4, 0.5) is 0 Å². The molecule has 184 valence electrons. The summed E-state index contributed by atoms with van der Waals surface area (Å²) in [5.74, 6) is 0.340. The summed E-state index contributed by atoms with van der Waals surface area (Å²) < 4.78 is 10.9. The van der Waals surface area contributed by atoms with Crippen LogP contribution >= 0.6 is 0 Å². The molecule has 11 heteroatoms. The van der Waals surface area contributed by atoms with E-state index in [1.807, 2.05) is 70.7 Å². The zero-order valence-electron chi connectivity index (χ0n) is 20.8. The first-order chi connectivity index (χ1) is 17.2. The van der Waals surface area contributed by atoms with Crippen LogP contribution in [0.5, 0.6) is 5.75 Å². The number of hydrogen-bond donors (Lipinski definition) is 1. The van der Waals surface area contributed by atoms with E-state index in [0.29, 0.717) is 5.75 Å². The van der Waals surface area contributed by atoms with E-state index in [-0.39, 0.29) is 23.7 Å². The first kappa shape index (κ1) is 23.2. The van der Waals surface area contributed by atoms with Gasteiger partial charge in [-0.3, -0.25) is 9.48 Å². The minimum Gasteiger partial charge on any atom is -0.496 e. The molecule has 0 atom stereocenters. The quantitative estimate of drug-likeness (QED) is 0.393. The summed E-state index contributed by atoms with van der Waals surface area (Å²) in [7, 11) is 3.49. The Bertz CT molecular complexity index is 1560. The molecule has 0 bridgehead atoms. The van der Waals surface area contributed by atoms with Gasteiger partial charge in [0.2, 0.25) is 0 Å². The summed E-state index contributed by atoms with van der Waals surface area (Å²) in [6, 6.07) is 7.83. The van der Waals surface area contributed by atoms with Gasteiger partial charge in [-0.05, 0) is 32.9 Å². The second kappa shape index (κ2) is 8.91. The van der Waals surface area contributed by atoms with Gasteiger partial charge in [0.05, 0.1) is 36.3 Å². The molecule has 0 aliphatic heterocycles. The Labute approximate surface area is 207 Å². The van der Waals surface area contributed by atoms with E-state index >= 15 is 0 Å². The van der Waals surface area contributed by atoms with Crippen molar-refractivity contribution in [1.82, 2.24) is 44.7 Å². The van der Waals surface area contributed by atoms with Gasteiger partial charge in [0, 0.05) is 48.2 Å². The average molecular weight is 486 g/mol. The maximum absolute atomic E-state index is 12.6. The maximum Gasteiger partial charge on any atom is 0.273 e. The molecule has 0 radical (unpaired) electrons. The van der Waals surface area contributed by atoms with Crippen molar-refractivity contribution in [3.8, 4) is 28.1 Å². The first-order valence-corrected chi connectivity index (χ1v) is 11.4. The van der Waals surface area contributed by atoms with E-state index in [9.17, 15) is 4.79 Å². The van der Waals surface area contributed by atoms with Crippen LogP contribution in [0.15, 0.2) is 55.4 Å². The van der Waals surface area contributed by atoms with Crippen LogP contribution in [0.1, 0.15) is 36.8 Å². The summed E-state index contributed by atoms with van der Waals surface area (Å²) in [6.45, 7) is 6.26. The standard InChI is InChI=1S/C25H27N9O2/c1-25(2,3)34-14-20(30-31-34)24(35)26-10-17-7-6-16(9-22(17)36-5)23-21-8-18(13-33(21)29-15-27-23)19-11-28-32(4)12-19/h6-9,11-15H,10H2,1-5H3,(H,26,35). The highest BCUT2D eigenvalue weighted by atomic mass is 16.5. The van der Waals surface area contributed by atoms with Gasteiger partial charge in [-0.2, -0.15) is 10.2 Å². The van der Waals surface area contributed by atoms with Crippen LogP contribution in [-0.2, 0) is 19.1 Å².